The molecule has 5 nitrogen and oxygen atoms in total. The molecule has 0 radical (unpaired) electrons. The molecular weight excluding hydrogens is 261 g/mol. The molecule has 112 valence electrons. The number of nitrogens with zero attached hydrogens (tertiary/aromatic N) is 1. The maximum Gasteiger partial charge on any atom is 0.195 e. The summed E-state index contributed by atoms with van der Waals surface area (Å²) in [7, 11) is 3.18. The number of ether oxygens (including phenoxy) is 2. The van der Waals surface area contributed by atoms with Crippen LogP contribution in [0.3, 0.4) is 0 Å². The van der Waals surface area contributed by atoms with Gasteiger partial charge in [-0.15, -0.1) is 0 Å². The molecule has 0 unspecified atom stereocenters. The maximum absolute atomic E-state index is 12.1. The third-order valence-corrected chi connectivity index (χ3v) is 2.55. The number of guanidine groups is 1. The Bertz CT molecular complexity index is 438. The van der Waals surface area contributed by atoms with Gasteiger partial charge in [0.15, 0.2) is 17.5 Å². The molecule has 6 heteroatoms. The van der Waals surface area contributed by atoms with Gasteiger partial charge in [-0.3, -0.25) is 9.38 Å². The number of benzene rings is 1. The molecule has 0 saturated carbocycles. The van der Waals surface area contributed by atoms with Gasteiger partial charge in [-0.05, 0) is 25.5 Å². The predicted molar refractivity (Wildman–Crippen MR) is 79.7 cm³/mol. The number of alkyl halides is 1. The molecule has 0 heterocycles. The zero-order chi connectivity index (χ0) is 14.8. The van der Waals surface area contributed by atoms with E-state index in [0.29, 0.717) is 30.4 Å². The lowest BCUT2D eigenvalue weighted by atomic mass is 10.3. The number of methoxy groups -OCH3 is 2. The lowest BCUT2D eigenvalue weighted by Gasteiger charge is -2.13. The third kappa shape index (κ3) is 4.95. The van der Waals surface area contributed by atoms with Gasteiger partial charge in [0.2, 0.25) is 0 Å². The van der Waals surface area contributed by atoms with Crippen molar-refractivity contribution < 1.29 is 13.9 Å². The Morgan fingerprint density at radius 2 is 2.00 bits per heavy atom. The second-order valence-electron chi connectivity index (χ2n) is 4.00. The highest BCUT2D eigenvalue weighted by Gasteiger charge is 2.06. The van der Waals surface area contributed by atoms with Crippen molar-refractivity contribution in [3.8, 4) is 11.5 Å². The number of hydrogen-bond acceptors (Lipinski definition) is 3. The Hall–Kier alpha value is -1.98. The van der Waals surface area contributed by atoms with Crippen LogP contribution in [0.25, 0.3) is 0 Å². The highest BCUT2D eigenvalue weighted by molar-refractivity contribution is 5.93. The monoisotopic (exact) mass is 283 g/mol. The van der Waals surface area contributed by atoms with Crippen LogP contribution in [0.5, 0.6) is 11.5 Å². The van der Waals surface area contributed by atoms with E-state index in [9.17, 15) is 4.39 Å². The summed E-state index contributed by atoms with van der Waals surface area (Å²) in [6.45, 7) is 2.79. The van der Waals surface area contributed by atoms with E-state index in [1.807, 2.05) is 25.1 Å². The zero-order valence-corrected chi connectivity index (χ0v) is 12.2. The Labute approximate surface area is 119 Å². The SMILES string of the molecule is CCNC(=NCCCF)Nc1ccc(OC)c(OC)c1. The summed E-state index contributed by atoms with van der Waals surface area (Å²) >= 11 is 0. The van der Waals surface area contributed by atoms with E-state index in [2.05, 4.69) is 15.6 Å². The third-order valence-electron chi connectivity index (χ3n) is 2.55. The van der Waals surface area contributed by atoms with Crippen LogP contribution in [0.1, 0.15) is 13.3 Å². The molecule has 0 aliphatic carbocycles. The number of aliphatic imine (C=N–C) groups is 1. The van der Waals surface area contributed by atoms with Crippen LogP contribution in [-0.2, 0) is 0 Å². The topological polar surface area (TPSA) is 54.9 Å². The van der Waals surface area contributed by atoms with Crippen molar-refractivity contribution >= 4 is 11.6 Å². The number of halogens is 1. The van der Waals surface area contributed by atoms with E-state index < -0.39 is 0 Å². The Morgan fingerprint density at radius 3 is 2.60 bits per heavy atom. The minimum atomic E-state index is -0.362. The molecule has 0 fully saturated rings. The lowest BCUT2D eigenvalue weighted by molar-refractivity contribution is 0.355. The van der Waals surface area contributed by atoms with E-state index in [1.54, 1.807) is 14.2 Å². The van der Waals surface area contributed by atoms with Crippen LogP contribution in [0, 0.1) is 0 Å². The van der Waals surface area contributed by atoms with E-state index in [-0.39, 0.29) is 6.67 Å². The molecule has 1 aromatic rings. The zero-order valence-electron chi connectivity index (χ0n) is 12.2. The molecule has 1 aromatic carbocycles. The molecule has 0 aromatic heterocycles. The molecular formula is C14H22FN3O2. The first kappa shape index (κ1) is 16.1. The quantitative estimate of drug-likeness (QED) is 0.458. The van der Waals surface area contributed by atoms with Gasteiger partial charge in [-0.25, -0.2) is 0 Å². The fourth-order valence-electron chi connectivity index (χ4n) is 1.61. The molecule has 2 N–H and O–H groups in total. The van der Waals surface area contributed by atoms with Gasteiger partial charge in [0, 0.05) is 24.8 Å². The standard InChI is InChI=1S/C14H22FN3O2/c1-4-16-14(17-9-5-8-15)18-11-6-7-12(19-2)13(10-11)20-3/h6-7,10H,4-5,8-9H2,1-3H3,(H2,16,17,18). The second kappa shape index (κ2) is 9.01. The summed E-state index contributed by atoms with van der Waals surface area (Å²) in [4.78, 5) is 4.28. The van der Waals surface area contributed by atoms with Crippen molar-refractivity contribution in [1.29, 1.82) is 0 Å². The Morgan fingerprint density at radius 1 is 1.25 bits per heavy atom. The largest absolute Gasteiger partial charge is 0.493 e. The van der Waals surface area contributed by atoms with Gasteiger partial charge in [0.05, 0.1) is 20.9 Å². The predicted octanol–water partition coefficient (Wildman–Crippen LogP) is 2.44. The lowest BCUT2D eigenvalue weighted by Crippen LogP contribution is -2.30. The summed E-state index contributed by atoms with van der Waals surface area (Å²) < 4.78 is 22.5. The first-order valence-corrected chi connectivity index (χ1v) is 6.58. The average molecular weight is 283 g/mol. The van der Waals surface area contributed by atoms with E-state index in [1.165, 1.54) is 0 Å². The van der Waals surface area contributed by atoms with Gasteiger partial charge in [-0.1, -0.05) is 0 Å². The molecule has 0 atom stereocenters. The summed E-state index contributed by atoms with van der Waals surface area (Å²) in [5.41, 5.74) is 0.822. The summed E-state index contributed by atoms with van der Waals surface area (Å²) in [5, 5.41) is 6.25. The van der Waals surface area contributed by atoms with Crippen LogP contribution >= 0.6 is 0 Å². The van der Waals surface area contributed by atoms with Crippen molar-refractivity contribution in [3.05, 3.63) is 18.2 Å². The highest BCUT2D eigenvalue weighted by atomic mass is 19.1. The summed E-state index contributed by atoms with van der Waals surface area (Å²) in [6, 6.07) is 5.50. The molecule has 0 amide bonds. The minimum Gasteiger partial charge on any atom is -0.493 e. The maximum atomic E-state index is 12.1. The first-order valence-electron chi connectivity index (χ1n) is 6.58. The van der Waals surface area contributed by atoms with Crippen LogP contribution in [0.15, 0.2) is 23.2 Å². The normalized spacial score (nSPS) is 11.1. The molecule has 0 aliphatic heterocycles. The van der Waals surface area contributed by atoms with Crippen LogP contribution in [0.4, 0.5) is 10.1 Å². The van der Waals surface area contributed by atoms with Crippen molar-refractivity contribution in [2.24, 2.45) is 4.99 Å². The highest BCUT2D eigenvalue weighted by Crippen LogP contribution is 2.29. The van der Waals surface area contributed by atoms with Crippen LogP contribution in [0.2, 0.25) is 0 Å². The number of anilines is 1. The van der Waals surface area contributed by atoms with Gasteiger partial charge in [0.25, 0.3) is 0 Å². The fourth-order valence-corrected chi connectivity index (χ4v) is 1.61. The van der Waals surface area contributed by atoms with Crippen molar-refractivity contribution in [3.63, 3.8) is 0 Å². The molecule has 0 spiro atoms. The minimum absolute atomic E-state index is 0.362. The van der Waals surface area contributed by atoms with E-state index in [4.69, 9.17) is 9.47 Å². The molecule has 0 saturated heterocycles. The molecule has 1 rings (SSSR count). The Balaban J connectivity index is 2.79. The van der Waals surface area contributed by atoms with E-state index >= 15 is 0 Å². The van der Waals surface area contributed by atoms with Crippen LogP contribution in [-0.4, -0.2) is 39.9 Å². The van der Waals surface area contributed by atoms with Crippen molar-refractivity contribution in [2.45, 2.75) is 13.3 Å². The fraction of sp³-hybridized carbons (Fsp3) is 0.500. The first-order chi connectivity index (χ1) is 9.74. The van der Waals surface area contributed by atoms with Gasteiger partial charge in [0.1, 0.15) is 0 Å². The van der Waals surface area contributed by atoms with Crippen molar-refractivity contribution in [2.75, 3.05) is 39.3 Å². The van der Waals surface area contributed by atoms with Gasteiger partial charge < -0.3 is 20.1 Å². The van der Waals surface area contributed by atoms with Crippen LogP contribution < -0.4 is 20.1 Å². The number of nitrogens with one attached hydrogen (secondary N) is 2. The van der Waals surface area contributed by atoms with E-state index in [0.717, 1.165) is 12.2 Å². The number of hydrogen-bond donors (Lipinski definition) is 2. The average Bonchev–Trinajstić information content (AvgIpc) is 2.47. The molecule has 20 heavy (non-hydrogen) atoms. The summed E-state index contributed by atoms with van der Waals surface area (Å²) in [5.74, 6) is 1.92. The van der Waals surface area contributed by atoms with Gasteiger partial charge in [-0.2, -0.15) is 0 Å². The Kier molecular flexibility index (Phi) is 7.24. The number of rotatable bonds is 7. The van der Waals surface area contributed by atoms with Crippen molar-refractivity contribution in [1.82, 2.24) is 5.32 Å². The summed E-state index contributed by atoms with van der Waals surface area (Å²) in [6.07, 6.45) is 0.419. The molecule has 0 bridgehead atoms. The second-order valence-corrected chi connectivity index (χ2v) is 4.00. The molecule has 0 aliphatic rings. The smallest absolute Gasteiger partial charge is 0.195 e. The van der Waals surface area contributed by atoms with Gasteiger partial charge >= 0.3 is 0 Å².